The molecule has 0 spiro atoms. The number of hydrogen-bond acceptors (Lipinski definition) is 7. The molecule has 2 aliphatic heterocycles. The molecular weight excluding hydrogens is 470 g/mol. The molecule has 4 heterocycles. The van der Waals surface area contributed by atoms with Crippen molar-refractivity contribution in [2.75, 3.05) is 18.8 Å². The first-order valence-corrected chi connectivity index (χ1v) is 13.3. The summed E-state index contributed by atoms with van der Waals surface area (Å²) < 4.78 is 7.65. The minimum atomic E-state index is -0.259. The van der Waals surface area contributed by atoms with Crippen LogP contribution in [-0.4, -0.2) is 67.5 Å². The summed E-state index contributed by atoms with van der Waals surface area (Å²) in [4.78, 5) is 30.3. The molecule has 34 heavy (non-hydrogen) atoms. The SMILES string of the molecule is CC1C(c2ccccc2)OC(=O)N1C1CCN(C(=O)CSc2nnc(-c3cccs3)n2C)CC1. The number of piperidine rings is 1. The van der Waals surface area contributed by atoms with Crippen molar-refractivity contribution in [3.8, 4) is 10.7 Å². The standard InChI is InChI=1S/C24H27N5O3S2/c1-16-21(17-7-4-3-5-8-17)32-24(31)29(16)18-10-12-28(13-11-18)20(30)15-34-23-26-25-22(27(23)2)19-9-6-14-33-19/h3-9,14,16,18,21H,10-13,15H2,1-2H3. The molecule has 178 valence electrons. The first-order valence-electron chi connectivity index (χ1n) is 11.4. The van der Waals surface area contributed by atoms with Crippen LogP contribution in [-0.2, 0) is 16.6 Å². The molecule has 2 fully saturated rings. The number of carbonyl (C=O) groups is 2. The zero-order chi connectivity index (χ0) is 23.7. The second-order valence-corrected chi connectivity index (χ2v) is 10.5. The largest absolute Gasteiger partial charge is 0.439 e. The lowest BCUT2D eigenvalue weighted by atomic mass is 9.98. The van der Waals surface area contributed by atoms with E-state index in [-0.39, 0.29) is 30.2 Å². The Balaban J connectivity index is 1.14. The Morgan fingerprint density at radius 3 is 2.62 bits per heavy atom. The normalized spacial score (nSPS) is 21.2. The van der Waals surface area contributed by atoms with E-state index < -0.39 is 0 Å². The van der Waals surface area contributed by atoms with Gasteiger partial charge in [0.05, 0.1) is 16.7 Å². The Labute approximate surface area is 206 Å². The van der Waals surface area contributed by atoms with Crippen molar-refractivity contribution in [2.24, 2.45) is 7.05 Å². The van der Waals surface area contributed by atoms with E-state index >= 15 is 0 Å². The Bertz CT molecular complexity index is 1140. The van der Waals surface area contributed by atoms with Gasteiger partial charge < -0.3 is 14.2 Å². The molecule has 5 rings (SSSR count). The number of likely N-dealkylation sites (tertiary alicyclic amines) is 1. The van der Waals surface area contributed by atoms with Gasteiger partial charge in [-0.25, -0.2) is 4.79 Å². The molecule has 2 saturated heterocycles. The molecule has 2 atom stereocenters. The van der Waals surface area contributed by atoms with Crippen molar-refractivity contribution < 1.29 is 14.3 Å². The summed E-state index contributed by atoms with van der Waals surface area (Å²) in [6.45, 7) is 3.31. The number of benzene rings is 1. The highest BCUT2D eigenvalue weighted by molar-refractivity contribution is 7.99. The van der Waals surface area contributed by atoms with Crippen LogP contribution in [0.3, 0.4) is 0 Å². The average molecular weight is 498 g/mol. The molecule has 0 aliphatic carbocycles. The molecule has 2 aromatic heterocycles. The molecule has 8 nitrogen and oxygen atoms in total. The molecule has 0 radical (unpaired) electrons. The number of aromatic nitrogens is 3. The smallest absolute Gasteiger partial charge is 0.411 e. The summed E-state index contributed by atoms with van der Waals surface area (Å²) in [5.74, 6) is 1.22. The average Bonchev–Trinajstić information content (AvgIpc) is 3.58. The quantitative estimate of drug-likeness (QED) is 0.475. The van der Waals surface area contributed by atoms with Gasteiger partial charge in [-0.15, -0.1) is 21.5 Å². The Kier molecular flexibility index (Phi) is 6.60. The van der Waals surface area contributed by atoms with E-state index in [4.69, 9.17) is 4.74 Å². The highest BCUT2D eigenvalue weighted by Gasteiger charge is 2.44. The first-order chi connectivity index (χ1) is 16.5. The van der Waals surface area contributed by atoms with Crippen molar-refractivity contribution in [3.05, 3.63) is 53.4 Å². The van der Waals surface area contributed by atoms with Crippen LogP contribution >= 0.6 is 23.1 Å². The van der Waals surface area contributed by atoms with Crippen molar-refractivity contribution in [1.82, 2.24) is 24.6 Å². The van der Waals surface area contributed by atoms with Crippen molar-refractivity contribution in [3.63, 3.8) is 0 Å². The Hall–Kier alpha value is -2.85. The van der Waals surface area contributed by atoms with Crippen LogP contribution in [0.5, 0.6) is 0 Å². The lowest BCUT2D eigenvalue weighted by Crippen LogP contribution is -2.49. The van der Waals surface area contributed by atoms with Crippen LogP contribution in [0.15, 0.2) is 53.0 Å². The van der Waals surface area contributed by atoms with E-state index in [9.17, 15) is 9.59 Å². The molecule has 0 N–H and O–H groups in total. The maximum Gasteiger partial charge on any atom is 0.411 e. The third kappa shape index (κ3) is 4.44. The molecule has 2 unspecified atom stereocenters. The number of thiophene rings is 1. The highest BCUT2D eigenvalue weighted by Crippen LogP contribution is 2.36. The predicted molar refractivity (Wildman–Crippen MR) is 132 cm³/mol. The minimum absolute atomic E-state index is 0.0360. The Morgan fingerprint density at radius 1 is 1.15 bits per heavy atom. The van der Waals surface area contributed by atoms with E-state index in [1.54, 1.807) is 11.3 Å². The first kappa shape index (κ1) is 22.9. The number of hydrogen-bond donors (Lipinski definition) is 0. The number of ether oxygens (including phenoxy) is 1. The molecule has 10 heteroatoms. The van der Waals surface area contributed by atoms with E-state index in [1.807, 2.05) is 76.2 Å². The topological polar surface area (TPSA) is 80.6 Å². The van der Waals surface area contributed by atoms with Crippen molar-refractivity contribution in [2.45, 2.75) is 43.1 Å². The third-order valence-electron chi connectivity index (χ3n) is 6.56. The molecule has 2 amide bonds. The molecule has 0 saturated carbocycles. The van der Waals surface area contributed by atoms with Gasteiger partial charge in [-0.2, -0.15) is 0 Å². The Morgan fingerprint density at radius 2 is 1.91 bits per heavy atom. The van der Waals surface area contributed by atoms with Gasteiger partial charge in [0.1, 0.15) is 6.10 Å². The second-order valence-electron chi connectivity index (χ2n) is 8.61. The van der Waals surface area contributed by atoms with Crippen molar-refractivity contribution >= 4 is 35.1 Å². The summed E-state index contributed by atoms with van der Waals surface area (Å²) in [5, 5.41) is 11.3. The van der Waals surface area contributed by atoms with Gasteiger partial charge in [-0.3, -0.25) is 9.69 Å². The fourth-order valence-electron chi connectivity index (χ4n) is 4.72. The second kappa shape index (κ2) is 9.79. The van der Waals surface area contributed by atoms with Gasteiger partial charge in [0.15, 0.2) is 11.0 Å². The van der Waals surface area contributed by atoms with Crippen LogP contribution in [0.2, 0.25) is 0 Å². The molecule has 2 aliphatic rings. The minimum Gasteiger partial charge on any atom is -0.439 e. The monoisotopic (exact) mass is 497 g/mol. The van der Waals surface area contributed by atoms with Gasteiger partial charge in [0, 0.05) is 26.2 Å². The van der Waals surface area contributed by atoms with E-state index in [2.05, 4.69) is 10.2 Å². The number of cyclic esters (lactones) is 1. The fourth-order valence-corrected chi connectivity index (χ4v) is 6.28. The highest BCUT2D eigenvalue weighted by atomic mass is 32.2. The van der Waals surface area contributed by atoms with Gasteiger partial charge in [-0.1, -0.05) is 48.2 Å². The maximum atomic E-state index is 12.9. The van der Waals surface area contributed by atoms with Crippen LogP contribution < -0.4 is 0 Å². The zero-order valence-electron chi connectivity index (χ0n) is 19.2. The number of carbonyl (C=O) groups excluding carboxylic acids is 2. The number of rotatable bonds is 6. The van der Waals surface area contributed by atoms with Crippen LogP contribution in [0.1, 0.15) is 31.4 Å². The molecule has 1 aromatic carbocycles. The number of nitrogens with zero attached hydrogens (tertiary/aromatic N) is 5. The molecule has 0 bridgehead atoms. The summed E-state index contributed by atoms with van der Waals surface area (Å²) in [7, 11) is 1.92. The zero-order valence-corrected chi connectivity index (χ0v) is 20.8. The lowest BCUT2D eigenvalue weighted by molar-refractivity contribution is -0.129. The van der Waals surface area contributed by atoms with Gasteiger partial charge in [-0.05, 0) is 36.8 Å². The van der Waals surface area contributed by atoms with Crippen LogP contribution in [0.4, 0.5) is 4.79 Å². The molecular formula is C24H27N5O3S2. The number of amides is 2. The number of thioether (sulfide) groups is 1. The van der Waals surface area contributed by atoms with Gasteiger partial charge >= 0.3 is 6.09 Å². The predicted octanol–water partition coefficient (Wildman–Crippen LogP) is 4.21. The summed E-state index contributed by atoms with van der Waals surface area (Å²) in [6.07, 6.45) is 0.994. The van der Waals surface area contributed by atoms with E-state index in [0.29, 0.717) is 18.8 Å². The van der Waals surface area contributed by atoms with E-state index in [1.165, 1.54) is 11.8 Å². The molecule has 3 aromatic rings. The van der Waals surface area contributed by atoms with Gasteiger partial charge in [0.25, 0.3) is 0 Å². The van der Waals surface area contributed by atoms with Crippen LogP contribution in [0, 0.1) is 0 Å². The third-order valence-corrected chi connectivity index (χ3v) is 8.43. The van der Waals surface area contributed by atoms with Crippen molar-refractivity contribution in [1.29, 1.82) is 0 Å². The maximum absolute atomic E-state index is 12.9. The summed E-state index contributed by atoms with van der Waals surface area (Å²) in [5.41, 5.74) is 1.02. The van der Waals surface area contributed by atoms with Gasteiger partial charge in [0.2, 0.25) is 5.91 Å². The van der Waals surface area contributed by atoms with Crippen LogP contribution in [0.25, 0.3) is 10.7 Å². The fraction of sp³-hybridized carbons (Fsp3) is 0.417. The van der Waals surface area contributed by atoms with E-state index in [0.717, 1.165) is 34.3 Å². The summed E-state index contributed by atoms with van der Waals surface area (Å²) >= 11 is 3.03. The lowest BCUT2D eigenvalue weighted by Gasteiger charge is -2.37. The summed E-state index contributed by atoms with van der Waals surface area (Å²) in [6, 6.07) is 13.9.